The molecule has 0 aromatic heterocycles. The molecule has 0 radical (unpaired) electrons. The van der Waals surface area contributed by atoms with Gasteiger partial charge in [0.2, 0.25) is 0 Å². The molecule has 13 heteroatoms. The van der Waals surface area contributed by atoms with E-state index in [1.807, 2.05) is 0 Å². The van der Waals surface area contributed by atoms with Crippen LogP contribution < -0.4 is 0 Å². The van der Waals surface area contributed by atoms with E-state index in [0.29, 0.717) is 12.8 Å². The van der Waals surface area contributed by atoms with E-state index in [-0.39, 0.29) is 19.4 Å². The van der Waals surface area contributed by atoms with E-state index in [0.717, 1.165) is 64.2 Å². The molecule has 12 nitrogen and oxygen atoms in total. The molecule has 0 aromatic rings. The van der Waals surface area contributed by atoms with E-state index < -0.39 is 71.2 Å². The van der Waals surface area contributed by atoms with Crippen molar-refractivity contribution in [1.82, 2.24) is 0 Å². The van der Waals surface area contributed by atoms with Crippen molar-refractivity contribution in [1.29, 1.82) is 0 Å². The second kappa shape index (κ2) is 31.3. The molecule has 1 aliphatic rings. The summed E-state index contributed by atoms with van der Waals surface area (Å²) in [4.78, 5) is 25.2. The molecule has 1 aliphatic heterocycles. The molecule has 0 bridgehead atoms. The minimum atomic E-state index is -4.60. The average Bonchev–Trinajstić information content (AvgIpc) is 3.12. The number of aliphatic hydroxyl groups excluding tert-OH is 3. The number of unbranched alkanes of at least 4 members (excludes halogenated alkanes) is 17. The summed E-state index contributed by atoms with van der Waals surface area (Å²) in [5, 5.41) is 30.7. The lowest BCUT2D eigenvalue weighted by molar-refractivity contribution is -0.297. The molecule has 0 spiro atoms. The van der Waals surface area contributed by atoms with Gasteiger partial charge < -0.3 is 34.3 Å². The molecule has 53 heavy (non-hydrogen) atoms. The van der Waals surface area contributed by atoms with E-state index >= 15 is 0 Å². The lowest BCUT2D eigenvalue weighted by Crippen LogP contribution is -2.60. The van der Waals surface area contributed by atoms with E-state index in [2.05, 4.69) is 38.2 Å². The van der Waals surface area contributed by atoms with Gasteiger partial charge in [-0.15, -0.1) is 0 Å². The second-order valence-electron chi connectivity index (χ2n) is 14.3. The lowest BCUT2D eigenvalue weighted by Gasteiger charge is -2.40. The summed E-state index contributed by atoms with van der Waals surface area (Å²) in [5.41, 5.74) is 0. The van der Waals surface area contributed by atoms with Crippen molar-refractivity contribution in [3.8, 4) is 0 Å². The number of carbonyl (C=O) groups excluding carboxylic acids is 2. The number of allylic oxidation sites excluding steroid dienone is 4. The predicted octanol–water partition coefficient (Wildman–Crippen LogP) is 7.28. The number of rotatable bonds is 33. The van der Waals surface area contributed by atoms with Crippen LogP contribution in [-0.2, 0) is 38.7 Å². The normalized spacial score (nSPS) is 21.4. The molecule has 0 saturated carbocycles. The largest absolute Gasteiger partial charge is 0.462 e. The Morgan fingerprint density at radius 3 is 1.68 bits per heavy atom. The molecule has 1 rings (SSSR count). The first-order valence-corrected chi connectivity index (χ1v) is 22.0. The van der Waals surface area contributed by atoms with Gasteiger partial charge in [-0.2, -0.15) is 8.42 Å². The molecule has 310 valence electrons. The molecule has 1 saturated heterocycles. The Bertz CT molecular complexity index is 1100. The highest BCUT2D eigenvalue weighted by Gasteiger charge is 2.46. The Kier molecular flexibility index (Phi) is 29.1. The van der Waals surface area contributed by atoms with Crippen molar-refractivity contribution >= 4 is 22.1 Å². The highest BCUT2D eigenvalue weighted by atomic mass is 32.2. The maximum atomic E-state index is 12.7. The van der Waals surface area contributed by atoms with Crippen LogP contribution >= 0.6 is 0 Å². The number of hydrogen-bond acceptors (Lipinski definition) is 11. The van der Waals surface area contributed by atoms with Crippen molar-refractivity contribution in [3.63, 3.8) is 0 Å². The summed E-state index contributed by atoms with van der Waals surface area (Å²) >= 11 is 0. The maximum Gasteiger partial charge on any atom is 0.306 e. The number of aliphatic hydroxyl groups is 3. The molecular formula is C40H72O12S. The Labute approximate surface area is 319 Å². The van der Waals surface area contributed by atoms with Crippen molar-refractivity contribution in [2.45, 2.75) is 198 Å². The zero-order valence-corrected chi connectivity index (χ0v) is 33.4. The highest BCUT2D eigenvalue weighted by molar-refractivity contribution is 7.85. The minimum absolute atomic E-state index is 0.150. The Balaban J connectivity index is 2.50. The third-order valence-electron chi connectivity index (χ3n) is 9.28. The van der Waals surface area contributed by atoms with Crippen LogP contribution in [0, 0.1) is 0 Å². The SMILES string of the molecule is CCCCCC/C=C\C/C=C\CCCCCCCC(=O)OC(COC(=O)CCCCCCCCCCC)COC1OC(CS(=O)(=O)O)C(O)C(O)C1O. The van der Waals surface area contributed by atoms with Crippen LogP contribution in [0.5, 0.6) is 0 Å². The van der Waals surface area contributed by atoms with Crippen molar-refractivity contribution in [3.05, 3.63) is 24.3 Å². The number of hydrogen-bond donors (Lipinski definition) is 4. The smallest absolute Gasteiger partial charge is 0.306 e. The van der Waals surface area contributed by atoms with Gasteiger partial charge >= 0.3 is 11.9 Å². The Hall–Kier alpha value is -1.87. The third-order valence-corrected chi connectivity index (χ3v) is 10.0. The van der Waals surface area contributed by atoms with Gasteiger partial charge in [0.1, 0.15) is 36.8 Å². The number of carbonyl (C=O) groups is 2. The fraction of sp³-hybridized carbons (Fsp3) is 0.850. The number of ether oxygens (including phenoxy) is 4. The van der Waals surface area contributed by atoms with Crippen molar-refractivity contribution in [2.24, 2.45) is 0 Å². The molecule has 1 heterocycles. The zero-order valence-electron chi connectivity index (χ0n) is 32.6. The first-order valence-electron chi connectivity index (χ1n) is 20.4. The van der Waals surface area contributed by atoms with E-state index in [1.54, 1.807) is 0 Å². The van der Waals surface area contributed by atoms with Gasteiger partial charge in [0.25, 0.3) is 10.1 Å². The summed E-state index contributed by atoms with van der Waals surface area (Å²) in [6.07, 6.45) is 22.4. The van der Waals surface area contributed by atoms with Crippen LogP contribution in [-0.4, -0.2) is 96.0 Å². The minimum Gasteiger partial charge on any atom is -0.462 e. The average molecular weight is 777 g/mol. The van der Waals surface area contributed by atoms with Crippen LogP contribution in [0.3, 0.4) is 0 Å². The molecule has 0 aliphatic carbocycles. The summed E-state index contributed by atoms with van der Waals surface area (Å²) in [6.45, 7) is 3.68. The fourth-order valence-electron chi connectivity index (χ4n) is 6.06. The van der Waals surface area contributed by atoms with Gasteiger partial charge in [0.15, 0.2) is 12.4 Å². The monoisotopic (exact) mass is 776 g/mol. The van der Waals surface area contributed by atoms with Crippen LogP contribution in [0.4, 0.5) is 0 Å². The molecular weight excluding hydrogens is 704 g/mol. The lowest BCUT2D eigenvalue weighted by atomic mass is 10.00. The van der Waals surface area contributed by atoms with E-state index in [1.165, 1.54) is 57.8 Å². The molecule has 6 atom stereocenters. The quantitative estimate of drug-likeness (QED) is 0.0226. The van der Waals surface area contributed by atoms with Crippen LogP contribution in [0.2, 0.25) is 0 Å². The third kappa shape index (κ3) is 26.6. The standard InChI is InChI=1S/C40H72O12S/c1-3-5-7-9-11-13-14-15-16-17-18-19-21-23-25-27-29-36(42)51-33(30-49-35(41)28-26-24-22-20-12-10-8-6-4-2)31-50-40-39(45)38(44)37(43)34(52-40)32-53(46,47)48/h13-14,16-17,33-34,37-40,43-45H,3-12,15,18-32H2,1-2H3,(H,46,47,48)/b14-13-,17-16-. The van der Waals surface area contributed by atoms with Crippen molar-refractivity contribution < 1.29 is 56.8 Å². The Morgan fingerprint density at radius 1 is 0.642 bits per heavy atom. The van der Waals surface area contributed by atoms with Crippen molar-refractivity contribution in [2.75, 3.05) is 19.0 Å². The van der Waals surface area contributed by atoms with Crippen LogP contribution in [0.1, 0.15) is 162 Å². The highest BCUT2D eigenvalue weighted by Crippen LogP contribution is 2.24. The summed E-state index contributed by atoms with van der Waals surface area (Å²) < 4.78 is 53.8. The topological polar surface area (TPSA) is 186 Å². The number of esters is 2. The summed E-state index contributed by atoms with van der Waals surface area (Å²) in [5.74, 6) is -2.00. The van der Waals surface area contributed by atoms with Gasteiger partial charge in [-0.3, -0.25) is 14.1 Å². The van der Waals surface area contributed by atoms with E-state index in [9.17, 15) is 37.9 Å². The Morgan fingerprint density at radius 2 is 1.13 bits per heavy atom. The van der Waals surface area contributed by atoms with E-state index in [4.69, 9.17) is 18.9 Å². The molecule has 6 unspecified atom stereocenters. The molecule has 4 N–H and O–H groups in total. The predicted molar refractivity (Wildman–Crippen MR) is 206 cm³/mol. The first kappa shape index (κ1) is 49.1. The second-order valence-corrected chi connectivity index (χ2v) is 15.8. The van der Waals surface area contributed by atoms with Gasteiger partial charge in [-0.1, -0.05) is 128 Å². The summed E-state index contributed by atoms with van der Waals surface area (Å²) in [6, 6.07) is 0. The van der Waals surface area contributed by atoms with Gasteiger partial charge in [-0.05, 0) is 44.9 Å². The van der Waals surface area contributed by atoms with Gasteiger partial charge in [-0.25, -0.2) is 0 Å². The van der Waals surface area contributed by atoms with Gasteiger partial charge in [0.05, 0.1) is 6.61 Å². The van der Waals surface area contributed by atoms with Crippen LogP contribution in [0.25, 0.3) is 0 Å². The fourth-order valence-corrected chi connectivity index (χ4v) is 6.75. The molecule has 1 fully saturated rings. The molecule has 0 aromatic carbocycles. The maximum absolute atomic E-state index is 12.7. The van der Waals surface area contributed by atoms with Crippen LogP contribution in [0.15, 0.2) is 24.3 Å². The summed E-state index contributed by atoms with van der Waals surface area (Å²) in [7, 11) is -4.60. The van der Waals surface area contributed by atoms with Gasteiger partial charge in [0, 0.05) is 12.8 Å². The zero-order chi connectivity index (χ0) is 39.2. The molecule has 0 amide bonds. The first-order chi connectivity index (χ1) is 25.5.